The van der Waals surface area contributed by atoms with Crippen LogP contribution in [0, 0.1) is 0 Å². The number of anilines is 1. The Hall–Kier alpha value is -1.46. The standard InChI is InChI=1S/C14H22N2O3/c1-18-11-3-4-12(13(9-11)19-2)16-7-5-14(15,10-17)6-8-16/h3-4,9,17H,5-8,10,15H2,1-2H3. The quantitative estimate of drug-likeness (QED) is 0.851. The van der Waals surface area contributed by atoms with Gasteiger partial charge in [-0.25, -0.2) is 0 Å². The number of hydrogen-bond donors (Lipinski definition) is 2. The molecule has 0 amide bonds. The van der Waals surface area contributed by atoms with Crippen molar-refractivity contribution >= 4 is 5.69 Å². The molecule has 0 spiro atoms. The lowest BCUT2D eigenvalue weighted by Crippen LogP contribution is -2.52. The molecule has 0 radical (unpaired) electrons. The monoisotopic (exact) mass is 266 g/mol. The lowest BCUT2D eigenvalue weighted by Gasteiger charge is -2.39. The fourth-order valence-corrected chi connectivity index (χ4v) is 2.40. The van der Waals surface area contributed by atoms with Crippen LogP contribution in [0.25, 0.3) is 0 Å². The first kappa shape index (κ1) is 14.0. The minimum absolute atomic E-state index is 0.0422. The number of nitrogens with zero attached hydrogens (tertiary/aromatic N) is 1. The van der Waals surface area contributed by atoms with E-state index in [4.69, 9.17) is 15.2 Å². The number of aliphatic hydroxyl groups excluding tert-OH is 1. The highest BCUT2D eigenvalue weighted by Crippen LogP contribution is 2.34. The molecule has 0 aromatic heterocycles. The minimum Gasteiger partial charge on any atom is -0.497 e. The number of hydrogen-bond acceptors (Lipinski definition) is 5. The van der Waals surface area contributed by atoms with E-state index in [1.54, 1.807) is 14.2 Å². The Morgan fingerprint density at radius 2 is 1.95 bits per heavy atom. The van der Waals surface area contributed by atoms with E-state index in [-0.39, 0.29) is 6.61 Å². The molecule has 1 fully saturated rings. The summed E-state index contributed by atoms with van der Waals surface area (Å²) in [6, 6.07) is 5.81. The molecule has 5 heteroatoms. The number of aliphatic hydroxyl groups is 1. The van der Waals surface area contributed by atoms with Gasteiger partial charge >= 0.3 is 0 Å². The topological polar surface area (TPSA) is 68.0 Å². The zero-order chi connectivity index (χ0) is 13.9. The summed E-state index contributed by atoms with van der Waals surface area (Å²) >= 11 is 0. The zero-order valence-corrected chi connectivity index (χ0v) is 11.6. The van der Waals surface area contributed by atoms with Crippen LogP contribution in [0.4, 0.5) is 5.69 Å². The molecular formula is C14H22N2O3. The van der Waals surface area contributed by atoms with Crippen LogP contribution < -0.4 is 20.1 Å². The summed E-state index contributed by atoms with van der Waals surface area (Å²) in [6.45, 7) is 1.68. The van der Waals surface area contributed by atoms with E-state index in [2.05, 4.69) is 4.90 Å². The third-order valence-electron chi connectivity index (χ3n) is 3.80. The molecule has 0 bridgehead atoms. The normalized spacial score (nSPS) is 18.2. The number of nitrogens with two attached hydrogens (primary N) is 1. The molecule has 0 aliphatic carbocycles. The smallest absolute Gasteiger partial charge is 0.145 e. The molecule has 1 aliphatic heterocycles. The van der Waals surface area contributed by atoms with E-state index >= 15 is 0 Å². The summed E-state index contributed by atoms with van der Waals surface area (Å²) in [7, 11) is 3.29. The van der Waals surface area contributed by atoms with Crippen LogP contribution in [0.1, 0.15) is 12.8 Å². The molecule has 1 aromatic carbocycles. The lowest BCUT2D eigenvalue weighted by atomic mass is 9.89. The summed E-state index contributed by atoms with van der Waals surface area (Å²) in [4.78, 5) is 2.24. The van der Waals surface area contributed by atoms with Gasteiger partial charge in [-0.15, -0.1) is 0 Å². The average Bonchev–Trinajstić information content (AvgIpc) is 2.47. The van der Waals surface area contributed by atoms with Gasteiger partial charge in [0.15, 0.2) is 0 Å². The Labute approximate surface area is 113 Å². The van der Waals surface area contributed by atoms with E-state index in [9.17, 15) is 5.11 Å². The van der Waals surface area contributed by atoms with Gasteiger partial charge < -0.3 is 25.2 Å². The second-order valence-electron chi connectivity index (χ2n) is 5.05. The van der Waals surface area contributed by atoms with Crippen LogP contribution in [0.3, 0.4) is 0 Å². The molecule has 2 rings (SSSR count). The second kappa shape index (κ2) is 5.67. The van der Waals surface area contributed by atoms with Crippen molar-refractivity contribution in [2.24, 2.45) is 5.73 Å². The molecule has 1 heterocycles. The molecule has 1 aromatic rings. The van der Waals surface area contributed by atoms with E-state index < -0.39 is 5.54 Å². The van der Waals surface area contributed by atoms with E-state index in [0.717, 1.165) is 43.1 Å². The Bertz CT molecular complexity index is 429. The van der Waals surface area contributed by atoms with Gasteiger partial charge in [-0.05, 0) is 25.0 Å². The van der Waals surface area contributed by atoms with Crippen molar-refractivity contribution in [2.45, 2.75) is 18.4 Å². The summed E-state index contributed by atoms with van der Waals surface area (Å²) in [5, 5.41) is 9.29. The molecular weight excluding hydrogens is 244 g/mol. The highest BCUT2D eigenvalue weighted by Gasteiger charge is 2.30. The maximum atomic E-state index is 9.29. The van der Waals surface area contributed by atoms with Gasteiger partial charge in [-0.3, -0.25) is 0 Å². The molecule has 0 unspecified atom stereocenters. The van der Waals surface area contributed by atoms with Crippen LogP contribution in [-0.2, 0) is 0 Å². The molecule has 0 saturated carbocycles. The first-order valence-corrected chi connectivity index (χ1v) is 6.48. The summed E-state index contributed by atoms with van der Waals surface area (Å²) < 4.78 is 10.6. The van der Waals surface area contributed by atoms with Crippen molar-refractivity contribution in [2.75, 3.05) is 38.8 Å². The van der Waals surface area contributed by atoms with Crippen molar-refractivity contribution < 1.29 is 14.6 Å². The van der Waals surface area contributed by atoms with Gasteiger partial charge in [0.1, 0.15) is 11.5 Å². The van der Waals surface area contributed by atoms with Crippen molar-refractivity contribution in [3.63, 3.8) is 0 Å². The van der Waals surface area contributed by atoms with Gasteiger partial charge in [0, 0.05) is 24.7 Å². The van der Waals surface area contributed by atoms with Gasteiger partial charge in [-0.1, -0.05) is 0 Å². The summed E-state index contributed by atoms with van der Waals surface area (Å²) in [6.07, 6.45) is 1.55. The number of ether oxygens (including phenoxy) is 2. The van der Waals surface area contributed by atoms with Gasteiger partial charge in [0.05, 0.1) is 26.5 Å². The van der Waals surface area contributed by atoms with Crippen molar-refractivity contribution in [3.05, 3.63) is 18.2 Å². The zero-order valence-electron chi connectivity index (χ0n) is 11.6. The van der Waals surface area contributed by atoms with Crippen LogP contribution in [0.15, 0.2) is 18.2 Å². The number of rotatable bonds is 4. The second-order valence-corrected chi connectivity index (χ2v) is 5.05. The van der Waals surface area contributed by atoms with Crippen molar-refractivity contribution in [1.29, 1.82) is 0 Å². The molecule has 5 nitrogen and oxygen atoms in total. The summed E-state index contributed by atoms with van der Waals surface area (Å²) in [5.74, 6) is 1.58. The van der Waals surface area contributed by atoms with Crippen molar-refractivity contribution in [3.8, 4) is 11.5 Å². The highest BCUT2D eigenvalue weighted by molar-refractivity contribution is 5.61. The molecule has 3 N–H and O–H groups in total. The van der Waals surface area contributed by atoms with E-state index in [1.807, 2.05) is 18.2 Å². The maximum Gasteiger partial charge on any atom is 0.145 e. The predicted molar refractivity (Wildman–Crippen MR) is 75.0 cm³/mol. The highest BCUT2D eigenvalue weighted by atomic mass is 16.5. The molecule has 106 valence electrons. The van der Waals surface area contributed by atoms with Gasteiger partial charge in [-0.2, -0.15) is 0 Å². The first-order valence-electron chi connectivity index (χ1n) is 6.48. The van der Waals surface area contributed by atoms with Crippen molar-refractivity contribution in [1.82, 2.24) is 0 Å². The Kier molecular flexibility index (Phi) is 4.17. The lowest BCUT2D eigenvalue weighted by molar-refractivity contribution is 0.170. The molecule has 19 heavy (non-hydrogen) atoms. The fourth-order valence-electron chi connectivity index (χ4n) is 2.40. The predicted octanol–water partition coefficient (Wildman–Crippen LogP) is 0.994. The summed E-state index contributed by atoms with van der Waals surface area (Å²) in [5.41, 5.74) is 6.70. The molecule has 0 atom stereocenters. The number of methoxy groups -OCH3 is 2. The maximum absolute atomic E-state index is 9.29. The largest absolute Gasteiger partial charge is 0.497 e. The van der Waals surface area contributed by atoms with E-state index in [0.29, 0.717) is 0 Å². The van der Waals surface area contributed by atoms with Crippen LogP contribution in [0.5, 0.6) is 11.5 Å². The molecule has 1 aliphatic rings. The third kappa shape index (κ3) is 2.93. The Morgan fingerprint density at radius 1 is 1.26 bits per heavy atom. The van der Waals surface area contributed by atoms with Gasteiger partial charge in [0.2, 0.25) is 0 Å². The third-order valence-corrected chi connectivity index (χ3v) is 3.80. The molecule has 1 saturated heterocycles. The number of piperidine rings is 1. The number of benzene rings is 1. The Morgan fingerprint density at radius 3 is 2.47 bits per heavy atom. The van der Waals surface area contributed by atoms with E-state index in [1.165, 1.54) is 0 Å². The van der Waals surface area contributed by atoms with Crippen LogP contribution in [0.2, 0.25) is 0 Å². The SMILES string of the molecule is COc1ccc(N2CCC(N)(CO)CC2)c(OC)c1. The van der Waals surface area contributed by atoms with Crippen LogP contribution in [-0.4, -0.2) is 44.6 Å². The minimum atomic E-state index is -0.434. The Balaban J connectivity index is 2.15. The van der Waals surface area contributed by atoms with Gasteiger partial charge in [0.25, 0.3) is 0 Å². The first-order chi connectivity index (χ1) is 9.11. The fraction of sp³-hybridized carbons (Fsp3) is 0.571. The van der Waals surface area contributed by atoms with Crippen LogP contribution >= 0.6 is 0 Å². The average molecular weight is 266 g/mol.